The average molecular weight is 310 g/mol. The molecule has 0 aromatic heterocycles. The number of hydrogen-bond donors (Lipinski definition) is 2. The van der Waals surface area contributed by atoms with Crippen LogP contribution in [0.2, 0.25) is 0 Å². The Hall–Kier alpha value is -2.33. The van der Waals surface area contributed by atoms with Crippen LogP contribution in [0.15, 0.2) is 48.5 Å². The van der Waals surface area contributed by atoms with E-state index in [9.17, 15) is 4.79 Å². The Morgan fingerprint density at radius 1 is 1.22 bits per heavy atom. The summed E-state index contributed by atoms with van der Waals surface area (Å²) in [5.41, 5.74) is 9.13. The number of amides is 1. The van der Waals surface area contributed by atoms with Crippen LogP contribution in [0.1, 0.15) is 30.5 Å². The van der Waals surface area contributed by atoms with Crippen molar-refractivity contribution >= 4 is 11.6 Å². The summed E-state index contributed by atoms with van der Waals surface area (Å²) in [6, 6.07) is 15.2. The van der Waals surface area contributed by atoms with E-state index in [1.807, 2.05) is 55.5 Å². The highest BCUT2D eigenvalue weighted by Gasteiger charge is 2.22. The number of carbonyl (C=O) groups excluding carboxylic acids is 1. The first kappa shape index (κ1) is 15.6. The molecule has 3 rings (SSSR count). The van der Waals surface area contributed by atoms with E-state index in [0.29, 0.717) is 0 Å². The highest BCUT2D eigenvalue weighted by atomic mass is 16.5. The minimum absolute atomic E-state index is 0.0713. The topological polar surface area (TPSA) is 64.3 Å². The van der Waals surface area contributed by atoms with Crippen LogP contribution >= 0.6 is 0 Å². The Morgan fingerprint density at radius 2 is 2.00 bits per heavy atom. The molecule has 2 atom stereocenters. The van der Waals surface area contributed by atoms with Gasteiger partial charge in [0.25, 0.3) is 0 Å². The molecule has 0 bridgehead atoms. The number of fused-ring (bicyclic) bond motifs is 1. The number of nitrogens with two attached hydrogens (primary N) is 1. The lowest BCUT2D eigenvalue weighted by Gasteiger charge is -2.21. The fourth-order valence-corrected chi connectivity index (χ4v) is 2.82. The Bertz CT molecular complexity index is 685. The minimum Gasteiger partial charge on any atom is -0.493 e. The molecule has 0 fully saturated rings. The second-order valence-corrected chi connectivity index (χ2v) is 5.99. The molecule has 1 aliphatic heterocycles. The molecule has 0 saturated carbocycles. The van der Waals surface area contributed by atoms with Gasteiger partial charge in [0.2, 0.25) is 5.91 Å². The SMILES string of the molecule is CC(C(=O)Nc1ccc2c(c1)CCCO2)C(N)c1ccccc1. The molecular weight excluding hydrogens is 288 g/mol. The first-order chi connectivity index (χ1) is 11.1. The third kappa shape index (κ3) is 3.54. The quantitative estimate of drug-likeness (QED) is 0.911. The fraction of sp³-hybridized carbons (Fsp3) is 0.316. The van der Waals surface area contributed by atoms with E-state index in [1.54, 1.807) is 0 Å². The van der Waals surface area contributed by atoms with Gasteiger partial charge in [-0.2, -0.15) is 0 Å². The Labute approximate surface area is 136 Å². The molecule has 0 saturated heterocycles. The lowest BCUT2D eigenvalue weighted by Crippen LogP contribution is -2.30. The molecule has 23 heavy (non-hydrogen) atoms. The third-order valence-electron chi connectivity index (χ3n) is 4.31. The first-order valence-electron chi connectivity index (χ1n) is 8.02. The molecular formula is C19H22N2O2. The standard InChI is InChI=1S/C19H22N2O2/c1-13(18(20)14-6-3-2-4-7-14)19(22)21-16-9-10-17-15(12-16)8-5-11-23-17/h2-4,6-7,9-10,12-13,18H,5,8,11,20H2,1H3,(H,21,22). The monoisotopic (exact) mass is 310 g/mol. The first-order valence-corrected chi connectivity index (χ1v) is 8.02. The van der Waals surface area contributed by atoms with Gasteiger partial charge in [0.15, 0.2) is 0 Å². The van der Waals surface area contributed by atoms with Crippen molar-refractivity contribution in [1.29, 1.82) is 0 Å². The Morgan fingerprint density at radius 3 is 2.78 bits per heavy atom. The van der Waals surface area contributed by atoms with E-state index in [1.165, 1.54) is 0 Å². The Balaban J connectivity index is 1.69. The van der Waals surface area contributed by atoms with E-state index in [4.69, 9.17) is 10.5 Å². The second kappa shape index (κ2) is 6.84. The number of nitrogens with one attached hydrogen (secondary N) is 1. The summed E-state index contributed by atoms with van der Waals surface area (Å²) >= 11 is 0. The third-order valence-corrected chi connectivity index (χ3v) is 4.31. The van der Waals surface area contributed by atoms with Gasteiger partial charge in [-0.3, -0.25) is 4.79 Å². The summed E-state index contributed by atoms with van der Waals surface area (Å²) in [6.07, 6.45) is 2.00. The maximum Gasteiger partial charge on any atom is 0.229 e. The molecule has 120 valence electrons. The van der Waals surface area contributed by atoms with Gasteiger partial charge in [0.1, 0.15) is 5.75 Å². The zero-order chi connectivity index (χ0) is 16.2. The molecule has 2 unspecified atom stereocenters. The molecule has 2 aromatic carbocycles. The van der Waals surface area contributed by atoms with E-state index < -0.39 is 0 Å². The lowest BCUT2D eigenvalue weighted by molar-refractivity contribution is -0.120. The van der Waals surface area contributed by atoms with Crippen molar-refractivity contribution in [2.45, 2.75) is 25.8 Å². The zero-order valence-electron chi connectivity index (χ0n) is 13.3. The van der Waals surface area contributed by atoms with Crippen molar-refractivity contribution in [3.63, 3.8) is 0 Å². The van der Waals surface area contributed by atoms with Crippen molar-refractivity contribution < 1.29 is 9.53 Å². The fourth-order valence-electron chi connectivity index (χ4n) is 2.82. The van der Waals surface area contributed by atoms with Gasteiger partial charge in [-0.1, -0.05) is 37.3 Å². The summed E-state index contributed by atoms with van der Waals surface area (Å²) in [6.45, 7) is 2.62. The summed E-state index contributed by atoms with van der Waals surface area (Å²) in [5.74, 6) is 0.533. The van der Waals surface area contributed by atoms with Crippen LogP contribution in [-0.2, 0) is 11.2 Å². The number of rotatable bonds is 4. The summed E-state index contributed by atoms with van der Waals surface area (Å²) < 4.78 is 5.59. The van der Waals surface area contributed by atoms with Crippen LogP contribution in [-0.4, -0.2) is 12.5 Å². The van der Waals surface area contributed by atoms with Crippen LogP contribution in [0.3, 0.4) is 0 Å². The zero-order valence-corrected chi connectivity index (χ0v) is 13.3. The number of hydrogen-bond acceptors (Lipinski definition) is 3. The number of aryl methyl sites for hydroxylation is 1. The van der Waals surface area contributed by atoms with Crippen molar-refractivity contribution in [3.8, 4) is 5.75 Å². The normalized spacial score (nSPS) is 15.9. The number of carbonyl (C=O) groups is 1. The maximum absolute atomic E-state index is 12.5. The van der Waals surface area contributed by atoms with Crippen LogP contribution < -0.4 is 15.8 Å². The van der Waals surface area contributed by atoms with Crippen molar-refractivity contribution in [2.24, 2.45) is 11.7 Å². The van der Waals surface area contributed by atoms with Crippen molar-refractivity contribution in [1.82, 2.24) is 0 Å². The molecule has 1 aliphatic rings. The molecule has 2 aromatic rings. The van der Waals surface area contributed by atoms with Gasteiger partial charge in [0.05, 0.1) is 12.5 Å². The van der Waals surface area contributed by atoms with Crippen LogP contribution in [0, 0.1) is 5.92 Å². The molecule has 3 N–H and O–H groups in total. The summed E-state index contributed by atoms with van der Waals surface area (Å²) in [5, 5.41) is 2.97. The van der Waals surface area contributed by atoms with Crippen molar-refractivity contribution in [2.75, 3.05) is 11.9 Å². The largest absolute Gasteiger partial charge is 0.493 e. The van der Waals surface area contributed by atoms with Gasteiger partial charge >= 0.3 is 0 Å². The van der Waals surface area contributed by atoms with Gasteiger partial charge in [-0.25, -0.2) is 0 Å². The van der Waals surface area contributed by atoms with Gasteiger partial charge in [0, 0.05) is 11.7 Å². The Kier molecular flexibility index (Phi) is 4.63. The predicted molar refractivity (Wildman–Crippen MR) is 91.4 cm³/mol. The molecule has 4 nitrogen and oxygen atoms in total. The van der Waals surface area contributed by atoms with Crippen LogP contribution in [0.25, 0.3) is 0 Å². The van der Waals surface area contributed by atoms with E-state index in [0.717, 1.165) is 42.0 Å². The van der Waals surface area contributed by atoms with E-state index >= 15 is 0 Å². The molecule has 4 heteroatoms. The summed E-state index contributed by atoms with van der Waals surface area (Å²) in [7, 11) is 0. The van der Waals surface area contributed by atoms with Gasteiger partial charge in [-0.05, 0) is 42.2 Å². The molecule has 0 aliphatic carbocycles. The van der Waals surface area contributed by atoms with E-state index in [-0.39, 0.29) is 17.9 Å². The molecule has 0 spiro atoms. The van der Waals surface area contributed by atoms with Crippen LogP contribution in [0.5, 0.6) is 5.75 Å². The van der Waals surface area contributed by atoms with Gasteiger partial charge < -0.3 is 15.8 Å². The minimum atomic E-state index is -0.322. The van der Waals surface area contributed by atoms with Gasteiger partial charge in [-0.15, -0.1) is 0 Å². The highest BCUT2D eigenvalue weighted by molar-refractivity contribution is 5.93. The highest BCUT2D eigenvalue weighted by Crippen LogP contribution is 2.28. The maximum atomic E-state index is 12.5. The molecule has 1 amide bonds. The van der Waals surface area contributed by atoms with Crippen LogP contribution in [0.4, 0.5) is 5.69 Å². The average Bonchev–Trinajstić information content (AvgIpc) is 2.61. The number of anilines is 1. The number of ether oxygens (including phenoxy) is 1. The summed E-state index contributed by atoms with van der Waals surface area (Å²) in [4.78, 5) is 12.5. The lowest BCUT2D eigenvalue weighted by atomic mass is 9.94. The molecule has 1 heterocycles. The smallest absolute Gasteiger partial charge is 0.229 e. The number of benzene rings is 2. The predicted octanol–water partition coefficient (Wildman–Crippen LogP) is 3.29. The van der Waals surface area contributed by atoms with Crippen molar-refractivity contribution in [3.05, 3.63) is 59.7 Å². The van der Waals surface area contributed by atoms with E-state index in [2.05, 4.69) is 5.32 Å². The molecule has 0 radical (unpaired) electrons. The second-order valence-electron chi connectivity index (χ2n) is 5.99.